The van der Waals surface area contributed by atoms with Gasteiger partial charge in [0.05, 0.1) is 10.6 Å². The monoisotopic (exact) mass is 355 g/mol. The molecular weight excluding hydrogens is 345 g/mol. The Hall–Kier alpha value is -2.37. The number of thiazole rings is 1. The Bertz CT molecular complexity index is 763. The number of carbonyl (C=O) groups is 1. The molecule has 0 radical (unpaired) electrons. The van der Waals surface area contributed by atoms with Crippen molar-refractivity contribution in [2.45, 2.75) is 19.1 Å². The molecule has 1 atom stereocenters. The minimum Gasteiger partial charge on any atom is -0.465 e. The van der Waals surface area contributed by atoms with Crippen LogP contribution in [-0.4, -0.2) is 16.2 Å². The second kappa shape index (κ2) is 6.81. The number of halogens is 2. The summed E-state index contributed by atoms with van der Waals surface area (Å²) in [7, 11) is 0. The maximum absolute atomic E-state index is 13.5. The van der Waals surface area contributed by atoms with Gasteiger partial charge < -0.3 is 9.84 Å². The standard InChI is InChI=1S/C14H11ClFN3O3S/c1-2-14(19-13(20)21,12-18-3-4-23-12)22-11-6-9(15)10(16)5-8(11)7-17/h3-6,19H,2H2,1H3,(H,20,21). The van der Waals surface area contributed by atoms with Crippen LogP contribution in [0.25, 0.3) is 0 Å². The van der Waals surface area contributed by atoms with Crippen LogP contribution in [-0.2, 0) is 5.72 Å². The molecule has 1 aromatic heterocycles. The van der Waals surface area contributed by atoms with Crippen LogP contribution in [0.4, 0.5) is 9.18 Å². The van der Waals surface area contributed by atoms with E-state index in [0.29, 0.717) is 5.01 Å². The number of amides is 1. The molecule has 0 saturated heterocycles. The Kier molecular flexibility index (Phi) is 5.03. The molecule has 0 spiro atoms. The first kappa shape index (κ1) is 17.0. The first-order valence-electron chi connectivity index (χ1n) is 6.41. The van der Waals surface area contributed by atoms with Gasteiger partial charge in [0.1, 0.15) is 17.6 Å². The van der Waals surface area contributed by atoms with Gasteiger partial charge in [-0.25, -0.2) is 14.2 Å². The lowest BCUT2D eigenvalue weighted by Gasteiger charge is -2.31. The molecule has 1 aromatic carbocycles. The van der Waals surface area contributed by atoms with Crippen LogP contribution in [0.2, 0.25) is 5.02 Å². The van der Waals surface area contributed by atoms with Gasteiger partial charge in [-0.1, -0.05) is 18.5 Å². The zero-order valence-corrected chi connectivity index (χ0v) is 13.4. The smallest absolute Gasteiger partial charge is 0.408 e. The third-order valence-corrected chi connectivity index (χ3v) is 4.22. The SMILES string of the molecule is CCC(NC(=O)O)(Oc1cc(Cl)c(F)cc1C#N)c1nccs1. The van der Waals surface area contributed by atoms with Gasteiger partial charge in [-0.2, -0.15) is 5.26 Å². The fourth-order valence-corrected chi connectivity index (χ4v) is 2.87. The van der Waals surface area contributed by atoms with Crippen molar-refractivity contribution in [2.75, 3.05) is 0 Å². The van der Waals surface area contributed by atoms with Crippen molar-refractivity contribution in [3.63, 3.8) is 0 Å². The van der Waals surface area contributed by atoms with Gasteiger partial charge in [0, 0.05) is 24.1 Å². The van der Waals surface area contributed by atoms with Gasteiger partial charge in [0.15, 0.2) is 5.01 Å². The predicted molar refractivity (Wildman–Crippen MR) is 82.0 cm³/mol. The first-order valence-corrected chi connectivity index (χ1v) is 7.67. The van der Waals surface area contributed by atoms with Crippen LogP contribution in [0.5, 0.6) is 5.75 Å². The maximum Gasteiger partial charge on any atom is 0.408 e. The van der Waals surface area contributed by atoms with Crippen molar-refractivity contribution in [3.8, 4) is 11.8 Å². The van der Waals surface area contributed by atoms with Crippen molar-refractivity contribution in [2.24, 2.45) is 0 Å². The summed E-state index contributed by atoms with van der Waals surface area (Å²) < 4.78 is 19.2. The highest BCUT2D eigenvalue weighted by atomic mass is 35.5. The summed E-state index contributed by atoms with van der Waals surface area (Å²) in [6.07, 6.45) is 0.362. The summed E-state index contributed by atoms with van der Waals surface area (Å²) in [5.74, 6) is -0.803. The zero-order valence-electron chi connectivity index (χ0n) is 11.8. The highest BCUT2D eigenvalue weighted by Crippen LogP contribution is 2.34. The van der Waals surface area contributed by atoms with E-state index < -0.39 is 17.6 Å². The molecule has 0 saturated carbocycles. The van der Waals surface area contributed by atoms with Gasteiger partial charge in [-0.15, -0.1) is 11.3 Å². The fourth-order valence-electron chi connectivity index (χ4n) is 1.92. The minimum atomic E-state index is -1.51. The summed E-state index contributed by atoms with van der Waals surface area (Å²) >= 11 is 6.92. The number of hydrogen-bond donors (Lipinski definition) is 2. The summed E-state index contributed by atoms with van der Waals surface area (Å²) in [6.45, 7) is 1.69. The van der Waals surface area contributed by atoms with Gasteiger partial charge >= 0.3 is 6.09 Å². The van der Waals surface area contributed by atoms with E-state index in [0.717, 1.165) is 12.1 Å². The highest BCUT2D eigenvalue weighted by molar-refractivity contribution is 7.09. The second-order valence-corrected chi connectivity index (χ2v) is 5.73. The number of ether oxygens (including phenoxy) is 1. The quantitative estimate of drug-likeness (QED) is 0.797. The molecule has 120 valence electrons. The third kappa shape index (κ3) is 3.52. The first-order chi connectivity index (χ1) is 10.9. The Balaban J connectivity index is 2.53. The Labute approximate surface area is 140 Å². The number of nitrogens with zero attached hydrogens (tertiary/aromatic N) is 2. The van der Waals surface area contributed by atoms with E-state index in [2.05, 4.69) is 10.3 Å². The lowest BCUT2D eigenvalue weighted by molar-refractivity contribution is 0.0266. The van der Waals surface area contributed by atoms with Gasteiger partial charge in [0.2, 0.25) is 5.72 Å². The van der Waals surface area contributed by atoms with E-state index in [1.54, 1.807) is 18.4 Å². The largest absolute Gasteiger partial charge is 0.465 e. The minimum absolute atomic E-state index is 0.0373. The molecule has 9 heteroatoms. The van der Waals surface area contributed by atoms with Crippen LogP contribution >= 0.6 is 22.9 Å². The van der Waals surface area contributed by atoms with Crippen LogP contribution in [0.3, 0.4) is 0 Å². The van der Waals surface area contributed by atoms with E-state index in [1.165, 1.54) is 17.5 Å². The normalized spacial score (nSPS) is 13.0. The van der Waals surface area contributed by atoms with Gasteiger partial charge in [0.25, 0.3) is 0 Å². The lowest BCUT2D eigenvalue weighted by Crippen LogP contribution is -2.49. The summed E-state index contributed by atoms with van der Waals surface area (Å²) in [5, 5.41) is 22.3. The number of carboxylic acid groups (broad SMARTS) is 1. The molecule has 0 bridgehead atoms. The number of benzene rings is 1. The van der Waals surface area contributed by atoms with Crippen LogP contribution in [0.1, 0.15) is 23.9 Å². The predicted octanol–water partition coefficient (Wildman–Crippen LogP) is 3.72. The van der Waals surface area contributed by atoms with Gasteiger partial charge in [-0.3, -0.25) is 5.32 Å². The van der Waals surface area contributed by atoms with E-state index in [9.17, 15) is 9.18 Å². The molecular formula is C14H11ClFN3O3S. The number of rotatable bonds is 5. The van der Waals surface area contributed by atoms with Gasteiger partial charge in [-0.05, 0) is 6.07 Å². The van der Waals surface area contributed by atoms with E-state index in [4.69, 9.17) is 26.7 Å². The lowest BCUT2D eigenvalue weighted by atomic mass is 10.1. The summed E-state index contributed by atoms with van der Waals surface area (Å²) in [6, 6.07) is 3.86. The third-order valence-electron chi connectivity index (χ3n) is 3.01. The van der Waals surface area contributed by atoms with Crippen molar-refractivity contribution >= 4 is 29.0 Å². The van der Waals surface area contributed by atoms with Crippen molar-refractivity contribution in [3.05, 3.63) is 45.1 Å². The van der Waals surface area contributed by atoms with E-state index in [-0.39, 0.29) is 22.8 Å². The molecule has 2 aromatic rings. The van der Waals surface area contributed by atoms with Crippen LogP contribution < -0.4 is 10.1 Å². The average Bonchev–Trinajstić information content (AvgIpc) is 3.04. The molecule has 0 aliphatic rings. The van der Waals surface area contributed by atoms with Crippen molar-refractivity contribution in [1.29, 1.82) is 5.26 Å². The molecule has 2 rings (SSSR count). The number of aromatic nitrogens is 1. The molecule has 1 heterocycles. The Morgan fingerprint density at radius 1 is 1.65 bits per heavy atom. The molecule has 0 aliphatic carbocycles. The Morgan fingerprint density at radius 2 is 2.39 bits per heavy atom. The van der Waals surface area contributed by atoms with Crippen molar-refractivity contribution < 1.29 is 19.0 Å². The molecule has 1 amide bonds. The summed E-state index contributed by atoms with van der Waals surface area (Å²) in [5.41, 5.74) is -1.61. The molecule has 1 unspecified atom stereocenters. The summed E-state index contributed by atoms with van der Waals surface area (Å²) in [4.78, 5) is 15.3. The number of nitriles is 1. The molecule has 23 heavy (non-hydrogen) atoms. The highest BCUT2D eigenvalue weighted by Gasteiger charge is 2.38. The molecule has 6 nitrogen and oxygen atoms in total. The van der Waals surface area contributed by atoms with Crippen LogP contribution in [0, 0.1) is 17.1 Å². The maximum atomic E-state index is 13.5. The molecule has 0 fully saturated rings. The topological polar surface area (TPSA) is 95.2 Å². The fraction of sp³-hybridized carbons (Fsp3) is 0.214. The molecule has 0 aliphatic heterocycles. The van der Waals surface area contributed by atoms with E-state index >= 15 is 0 Å². The average molecular weight is 356 g/mol. The number of hydrogen-bond acceptors (Lipinski definition) is 5. The van der Waals surface area contributed by atoms with Crippen LogP contribution in [0.15, 0.2) is 23.7 Å². The van der Waals surface area contributed by atoms with Crippen molar-refractivity contribution in [1.82, 2.24) is 10.3 Å². The molecule has 2 N–H and O–H groups in total. The zero-order chi connectivity index (χ0) is 17.0. The second-order valence-electron chi connectivity index (χ2n) is 4.42. The Morgan fingerprint density at radius 3 is 2.91 bits per heavy atom. The van der Waals surface area contributed by atoms with E-state index in [1.807, 2.05) is 0 Å². The number of nitrogens with one attached hydrogen (secondary N) is 1.